The lowest BCUT2D eigenvalue weighted by Gasteiger charge is -2.17. The summed E-state index contributed by atoms with van der Waals surface area (Å²) < 4.78 is 5.20. The second kappa shape index (κ2) is 6.14. The molecule has 0 saturated carbocycles. The summed E-state index contributed by atoms with van der Waals surface area (Å²) in [6.07, 6.45) is 0.952. The number of thiophene rings is 1. The van der Waals surface area contributed by atoms with Gasteiger partial charge in [0.2, 0.25) is 5.95 Å². The maximum absolute atomic E-state index is 5.42. The summed E-state index contributed by atoms with van der Waals surface area (Å²) in [4.78, 5) is 10.9. The van der Waals surface area contributed by atoms with E-state index < -0.39 is 0 Å². The zero-order valence-electron chi connectivity index (χ0n) is 11.4. The molecule has 104 valence electrons. The number of nitrogens with two attached hydrogens (primary N) is 1. The Hall–Kier alpha value is -1.44. The predicted octanol–water partition coefficient (Wildman–Crippen LogP) is 2.12. The van der Waals surface area contributed by atoms with E-state index in [4.69, 9.17) is 10.6 Å². The van der Waals surface area contributed by atoms with Gasteiger partial charge in [0.15, 0.2) is 0 Å². The molecule has 4 N–H and O–H groups in total. The van der Waals surface area contributed by atoms with Crippen molar-refractivity contribution < 1.29 is 4.74 Å². The summed E-state index contributed by atoms with van der Waals surface area (Å²) in [7, 11) is 1.70. The van der Waals surface area contributed by atoms with Crippen molar-refractivity contribution in [2.75, 3.05) is 24.5 Å². The van der Waals surface area contributed by atoms with Crippen LogP contribution in [0.15, 0.2) is 6.07 Å². The van der Waals surface area contributed by atoms with Crippen LogP contribution < -0.4 is 16.6 Å². The van der Waals surface area contributed by atoms with Crippen molar-refractivity contribution >= 4 is 33.3 Å². The van der Waals surface area contributed by atoms with Crippen LogP contribution in [0.2, 0.25) is 0 Å². The molecular weight excluding hydrogens is 262 g/mol. The number of rotatable bonds is 6. The highest BCUT2D eigenvalue weighted by Crippen LogP contribution is 2.29. The Balaban J connectivity index is 2.39. The molecule has 1 unspecified atom stereocenters. The minimum Gasteiger partial charge on any atom is -0.383 e. The lowest BCUT2D eigenvalue weighted by molar-refractivity contribution is 0.184. The van der Waals surface area contributed by atoms with E-state index >= 15 is 0 Å². The first-order valence-electron chi connectivity index (χ1n) is 6.18. The quantitative estimate of drug-likeness (QED) is 0.555. The van der Waals surface area contributed by atoms with Crippen molar-refractivity contribution in [3.63, 3.8) is 0 Å². The number of ether oxygens (including phenoxy) is 1. The van der Waals surface area contributed by atoms with Crippen LogP contribution in [-0.4, -0.2) is 29.7 Å². The van der Waals surface area contributed by atoms with Crippen LogP contribution in [0.4, 0.5) is 11.8 Å². The van der Waals surface area contributed by atoms with E-state index in [0.29, 0.717) is 12.6 Å². The number of hydrazine groups is 1. The largest absolute Gasteiger partial charge is 0.383 e. The van der Waals surface area contributed by atoms with Crippen LogP contribution in [-0.2, 0) is 4.74 Å². The average molecular weight is 281 g/mol. The van der Waals surface area contributed by atoms with Crippen molar-refractivity contribution in [1.82, 2.24) is 9.97 Å². The first kappa shape index (κ1) is 14.0. The molecule has 0 aliphatic heterocycles. The molecule has 0 aliphatic carbocycles. The van der Waals surface area contributed by atoms with Gasteiger partial charge in [0, 0.05) is 12.0 Å². The molecule has 0 aromatic carbocycles. The van der Waals surface area contributed by atoms with Gasteiger partial charge in [-0.1, -0.05) is 6.92 Å². The van der Waals surface area contributed by atoms with Crippen LogP contribution >= 0.6 is 11.3 Å². The molecule has 19 heavy (non-hydrogen) atoms. The Morgan fingerprint density at radius 3 is 2.89 bits per heavy atom. The van der Waals surface area contributed by atoms with Gasteiger partial charge >= 0.3 is 0 Å². The highest BCUT2D eigenvalue weighted by Gasteiger charge is 2.13. The second-order valence-electron chi connectivity index (χ2n) is 4.32. The molecule has 0 amide bonds. The smallest absolute Gasteiger partial charge is 0.240 e. The number of nitrogen functional groups attached to an aromatic ring is 1. The summed E-state index contributed by atoms with van der Waals surface area (Å²) in [6.45, 7) is 4.80. The Labute approximate surface area is 116 Å². The zero-order valence-corrected chi connectivity index (χ0v) is 12.2. The monoisotopic (exact) mass is 281 g/mol. The van der Waals surface area contributed by atoms with Crippen molar-refractivity contribution in [1.29, 1.82) is 0 Å². The molecule has 2 aromatic rings. The highest BCUT2D eigenvalue weighted by atomic mass is 32.1. The number of hydrogen-bond donors (Lipinski definition) is 3. The minimum atomic E-state index is 0.217. The maximum Gasteiger partial charge on any atom is 0.240 e. The average Bonchev–Trinajstić information content (AvgIpc) is 2.78. The van der Waals surface area contributed by atoms with Crippen molar-refractivity contribution in [3.8, 4) is 0 Å². The van der Waals surface area contributed by atoms with Gasteiger partial charge in [-0.3, -0.25) is 5.43 Å². The van der Waals surface area contributed by atoms with Gasteiger partial charge in [-0.2, -0.15) is 4.98 Å². The van der Waals surface area contributed by atoms with E-state index in [9.17, 15) is 0 Å². The van der Waals surface area contributed by atoms with Crippen LogP contribution in [0, 0.1) is 6.92 Å². The molecule has 6 nitrogen and oxygen atoms in total. The number of anilines is 2. The lowest BCUT2D eigenvalue weighted by atomic mass is 10.2. The third-order valence-corrected chi connectivity index (χ3v) is 3.79. The molecule has 0 aliphatic rings. The second-order valence-corrected chi connectivity index (χ2v) is 5.56. The molecule has 2 rings (SSSR count). The Kier molecular flexibility index (Phi) is 4.52. The summed E-state index contributed by atoms with van der Waals surface area (Å²) in [6, 6.07) is 2.30. The Bertz CT molecular complexity index is 556. The first-order chi connectivity index (χ1) is 9.17. The zero-order chi connectivity index (χ0) is 13.8. The van der Waals surface area contributed by atoms with Gasteiger partial charge in [0.05, 0.1) is 18.0 Å². The topological polar surface area (TPSA) is 85.1 Å². The van der Waals surface area contributed by atoms with Gasteiger partial charge in [-0.25, -0.2) is 10.8 Å². The van der Waals surface area contributed by atoms with Crippen LogP contribution in [0.1, 0.15) is 18.2 Å². The Morgan fingerprint density at radius 2 is 2.26 bits per heavy atom. The Morgan fingerprint density at radius 1 is 1.47 bits per heavy atom. The van der Waals surface area contributed by atoms with E-state index in [2.05, 4.69) is 40.6 Å². The maximum atomic E-state index is 5.42. The van der Waals surface area contributed by atoms with Gasteiger partial charge in [-0.05, 0) is 19.4 Å². The van der Waals surface area contributed by atoms with Crippen molar-refractivity contribution in [2.45, 2.75) is 26.3 Å². The fourth-order valence-electron chi connectivity index (χ4n) is 1.87. The number of fused-ring (bicyclic) bond motifs is 1. The molecule has 0 fully saturated rings. The molecule has 1 atom stereocenters. The third-order valence-electron chi connectivity index (χ3n) is 2.85. The number of aromatic nitrogens is 2. The van der Waals surface area contributed by atoms with E-state index in [1.54, 1.807) is 18.4 Å². The van der Waals surface area contributed by atoms with E-state index in [0.717, 1.165) is 22.5 Å². The fourth-order valence-corrected chi connectivity index (χ4v) is 2.75. The van der Waals surface area contributed by atoms with Crippen LogP contribution in [0.5, 0.6) is 0 Å². The standard InChI is InChI=1S/C12H19N5OS/c1-4-8(6-18-3)14-10-9-5-7(2)19-11(9)16-12(15-10)17-13/h5,8H,4,6,13H2,1-3H3,(H2,14,15,16,17). The highest BCUT2D eigenvalue weighted by molar-refractivity contribution is 7.18. The molecule has 0 saturated heterocycles. The lowest BCUT2D eigenvalue weighted by Crippen LogP contribution is -2.25. The van der Waals surface area contributed by atoms with Crippen molar-refractivity contribution in [3.05, 3.63) is 10.9 Å². The number of hydrogen-bond acceptors (Lipinski definition) is 7. The van der Waals surface area contributed by atoms with Gasteiger partial charge in [-0.15, -0.1) is 11.3 Å². The minimum absolute atomic E-state index is 0.217. The molecule has 0 bridgehead atoms. The summed E-state index contributed by atoms with van der Waals surface area (Å²) >= 11 is 1.63. The van der Waals surface area contributed by atoms with Crippen molar-refractivity contribution in [2.24, 2.45) is 5.84 Å². The molecule has 2 aromatic heterocycles. The van der Waals surface area contributed by atoms with Crippen LogP contribution in [0.3, 0.4) is 0 Å². The predicted molar refractivity (Wildman–Crippen MR) is 79.5 cm³/mol. The van der Waals surface area contributed by atoms with Gasteiger partial charge in [0.1, 0.15) is 10.6 Å². The number of methoxy groups -OCH3 is 1. The van der Waals surface area contributed by atoms with Crippen LogP contribution in [0.25, 0.3) is 10.2 Å². The third kappa shape index (κ3) is 3.12. The number of aryl methyl sites for hydroxylation is 1. The number of nitrogens with one attached hydrogen (secondary N) is 2. The summed E-state index contributed by atoms with van der Waals surface area (Å²) in [5.41, 5.74) is 2.51. The first-order valence-corrected chi connectivity index (χ1v) is 6.99. The summed E-state index contributed by atoms with van der Waals surface area (Å²) in [5.74, 6) is 6.63. The molecule has 7 heteroatoms. The van der Waals surface area contributed by atoms with E-state index in [-0.39, 0.29) is 6.04 Å². The normalized spacial score (nSPS) is 12.6. The van der Waals surface area contributed by atoms with Gasteiger partial charge in [0.25, 0.3) is 0 Å². The fraction of sp³-hybridized carbons (Fsp3) is 0.500. The van der Waals surface area contributed by atoms with E-state index in [1.807, 2.05) is 0 Å². The number of nitrogens with zero attached hydrogens (tertiary/aromatic N) is 2. The molecular formula is C12H19N5OS. The summed E-state index contributed by atoms with van der Waals surface area (Å²) in [5, 5.41) is 4.42. The molecule has 2 heterocycles. The molecule has 0 radical (unpaired) electrons. The van der Waals surface area contributed by atoms with E-state index in [1.165, 1.54) is 4.88 Å². The van der Waals surface area contributed by atoms with Gasteiger partial charge < -0.3 is 10.1 Å². The molecule has 0 spiro atoms. The SMILES string of the molecule is CCC(COC)Nc1nc(NN)nc2sc(C)cc12.